The topological polar surface area (TPSA) is 64.4 Å². The van der Waals surface area contributed by atoms with E-state index in [-0.39, 0.29) is 27.8 Å². The van der Waals surface area contributed by atoms with Gasteiger partial charge in [-0.2, -0.15) is 0 Å². The fraction of sp³-hybridized carbons (Fsp3) is 0.273. The first kappa shape index (κ1) is 20.9. The van der Waals surface area contributed by atoms with E-state index < -0.39 is 5.82 Å². The lowest BCUT2D eigenvalue weighted by molar-refractivity contribution is 0.0951. The largest absolute Gasteiger partial charge is 0.494 e. The summed E-state index contributed by atoms with van der Waals surface area (Å²) in [5.74, 6) is 0.191. The normalized spacial score (nSPS) is 10.8. The van der Waals surface area contributed by atoms with Crippen molar-refractivity contribution in [1.29, 1.82) is 0 Å². The Morgan fingerprint density at radius 2 is 1.93 bits per heavy atom. The fourth-order valence-corrected chi connectivity index (χ4v) is 3.13. The predicted molar refractivity (Wildman–Crippen MR) is 110 cm³/mol. The Balaban J connectivity index is 1.54. The second-order valence-corrected chi connectivity index (χ2v) is 7.09. The monoisotopic (exact) mass is 416 g/mol. The molecule has 0 bridgehead atoms. The third kappa shape index (κ3) is 5.15. The molecule has 0 radical (unpaired) electrons. The Labute approximate surface area is 173 Å². The molecular formula is C22H22ClFN2O3. The lowest BCUT2D eigenvalue weighted by atomic mass is 10.0. The second-order valence-electron chi connectivity index (χ2n) is 6.68. The SMILES string of the molecule is Cc1ccc(OCCCCNC(=O)c2c(-c3c(F)cccc3Cl)noc2C)cc1. The first-order valence-corrected chi connectivity index (χ1v) is 9.73. The van der Waals surface area contributed by atoms with E-state index in [9.17, 15) is 9.18 Å². The molecule has 0 spiro atoms. The van der Waals surface area contributed by atoms with Gasteiger partial charge in [-0.05, 0) is 51.0 Å². The van der Waals surface area contributed by atoms with Crippen LogP contribution in [0, 0.1) is 19.7 Å². The Morgan fingerprint density at radius 3 is 2.66 bits per heavy atom. The van der Waals surface area contributed by atoms with Crippen LogP contribution in [0.3, 0.4) is 0 Å². The average molecular weight is 417 g/mol. The molecule has 0 saturated carbocycles. The third-order valence-corrected chi connectivity index (χ3v) is 4.75. The number of carbonyl (C=O) groups excluding carboxylic acids is 1. The summed E-state index contributed by atoms with van der Waals surface area (Å²) >= 11 is 6.10. The van der Waals surface area contributed by atoms with Crippen molar-refractivity contribution in [3.8, 4) is 17.0 Å². The lowest BCUT2D eigenvalue weighted by Gasteiger charge is -2.08. The van der Waals surface area contributed by atoms with Crippen molar-refractivity contribution in [2.24, 2.45) is 0 Å². The van der Waals surface area contributed by atoms with E-state index in [1.165, 1.54) is 17.7 Å². The van der Waals surface area contributed by atoms with Gasteiger partial charge in [-0.25, -0.2) is 4.39 Å². The van der Waals surface area contributed by atoms with Gasteiger partial charge in [0.05, 0.1) is 17.2 Å². The van der Waals surface area contributed by atoms with Crippen molar-refractivity contribution in [3.05, 3.63) is 70.2 Å². The van der Waals surface area contributed by atoms with Crippen molar-refractivity contribution >= 4 is 17.5 Å². The molecule has 29 heavy (non-hydrogen) atoms. The molecule has 152 valence electrons. The molecule has 0 aliphatic rings. The van der Waals surface area contributed by atoms with Crippen molar-refractivity contribution in [2.75, 3.05) is 13.2 Å². The quantitative estimate of drug-likeness (QED) is 0.503. The molecule has 0 unspecified atom stereocenters. The van der Waals surface area contributed by atoms with Crippen LogP contribution in [0.25, 0.3) is 11.3 Å². The summed E-state index contributed by atoms with van der Waals surface area (Å²) in [7, 11) is 0. The summed E-state index contributed by atoms with van der Waals surface area (Å²) in [6, 6.07) is 12.2. The zero-order chi connectivity index (χ0) is 20.8. The maximum Gasteiger partial charge on any atom is 0.257 e. The van der Waals surface area contributed by atoms with Crippen molar-refractivity contribution < 1.29 is 18.4 Å². The Morgan fingerprint density at radius 1 is 1.17 bits per heavy atom. The molecule has 1 N–H and O–H groups in total. The molecule has 0 aliphatic heterocycles. The summed E-state index contributed by atoms with van der Waals surface area (Å²) in [4.78, 5) is 12.6. The maximum absolute atomic E-state index is 14.2. The van der Waals surface area contributed by atoms with Gasteiger partial charge in [0.25, 0.3) is 5.91 Å². The van der Waals surface area contributed by atoms with Gasteiger partial charge < -0.3 is 14.6 Å². The van der Waals surface area contributed by atoms with Gasteiger partial charge in [0.15, 0.2) is 0 Å². The van der Waals surface area contributed by atoms with Gasteiger partial charge in [0, 0.05) is 6.54 Å². The molecule has 5 nitrogen and oxygen atoms in total. The number of rotatable bonds is 8. The number of nitrogens with one attached hydrogen (secondary N) is 1. The number of hydrogen-bond donors (Lipinski definition) is 1. The van der Waals surface area contributed by atoms with Crippen LogP contribution >= 0.6 is 11.6 Å². The van der Waals surface area contributed by atoms with Crippen LogP contribution in [-0.2, 0) is 0 Å². The van der Waals surface area contributed by atoms with Crippen molar-refractivity contribution in [3.63, 3.8) is 0 Å². The van der Waals surface area contributed by atoms with Crippen molar-refractivity contribution in [1.82, 2.24) is 10.5 Å². The van der Waals surface area contributed by atoms with Crippen LogP contribution in [0.5, 0.6) is 5.75 Å². The summed E-state index contributed by atoms with van der Waals surface area (Å²) in [6.07, 6.45) is 1.51. The van der Waals surface area contributed by atoms with Crippen LogP contribution in [0.2, 0.25) is 5.02 Å². The number of unbranched alkanes of at least 4 members (excludes halogenated alkanes) is 1. The summed E-state index contributed by atoms with van der Waals surface area (Å²) < 4.78 is 25.0. The van der Waals surface area contributed by atoms with Crippen LogP contribution in [0.4, 0.5) is 4.39 Å². The number of halogens is 2. The third-order valence-electron chi connectivity index (χ3n) is 4.44. The Kier molecular flexibility index (Phi) is 6.88. The van der Waals surface area contributed by atoms with E-state index >= 15 is 0 Å². The molecule has 0 fully saturated rings. The Hall–Kier alpha value is -2.86. The predicted octanol–water partition coefficient (Wildman–Crippen LogP) is 5.34. The number of hydrogen-bond acceptors (Lipinski definition) is 4. The molecule has 2 aromatic carbocycles. The summed E-state index contributed by atoms with van der Waals surface area (Å²) in [6.45, 7) is 4.64. The minimum absolute atomic E-state index is 0.0580. The smallest absolute Gasteiger partial charge is 0.257 e. The number of aryl methyl sites for hydroxylation is 2. The van der Waals surface area contributed by atoms with E-state index in [0.29, 0.717) is 18.9 Å². The molecule has 1 aromatic heterocycles. The van der Waals surface area contributed by atoms with Gasteiger partial charge in [-0.3, -0.25) is 4.79 Å². The second kappa shape index (κ2) is 9.56. The lowest BCUT2D eigenvalue weighted by Crippen LogP contribution is -2.25. The standard InChI is InChI=1S/C22H22ClFN2O3/c1-14-8-10-16(11-9-14)28-13-4-3-12-25-22(27)19-15(2)29-26-21(19)20-17(23)6-5-7-18(20)24/h5-11H,3-4,12-13H2,1-2H3,(H,25,27). The molecule has 7 heteroatoms. The fourth-order valence-electron chi connectivity index (χ4n) is 2.88. The van der Waals surface area contributed by atoms with Gasteiger partial charge in [-0.1, -0.05) is 40.5 Å². The van der Waals surface area contributed by atoms with Gasteiger partial charge in [0.2, 0.25) is 0 Å². The highest BCUT2D eigenvalue weighted by Gasteiger charge is 2.25. The molecule has 0 atom stereocenters. The molecule has 0 aliphatic carbocycles. The molecule has 3 aromatic rings. The van der Waals surface area contributed by atoms with E-state index in [1.54, 1.807) is 13.0 Å². The number of amides is 1. The number of benzene rings is 2. The average Bonchev–Trinajstić information content (AvgIpc) is 3.07. The van der Waals surface area contributed by atoms with Crippen LogP contribution < -0.4 is 10.1 Å². The summed E-state index contributed by atoms with van der Waals surface area (Å²) in [5.41, 5.74) is 1.53. The minimum Gasteiger partial charge on any atom is -0.494 e. The van der Waals surface area contributed by atoms with E-state index in [2.05, 4.69) is 10.5 Å². The van der Waals surface area contributed by atoms with Crippen molar-refractivity contribution in [2.45, 2.75) is 26.7 Å². The first-order chi connectivity index (χ1) is 14.0. The number of carbonyl (C=O) groups is 1. The van der Waals surface area contributed by atoms with E-state index in [1.807, 2.05) is 31.2 Å². The summed E-state index contributed by atoms with van der Waals surface area (Å²) in [5, 5.41) is 6.83. The van der Waals surface area contributed by atoms with Gasteiger partial charge in [-0.15, -0.1) is 0 Å². The highest BCUT2D eigenvalue weighted by atomic mass is 35.5. The minimum atomic E-state index is -0.562. The number of aromatic nitrogens is 1. The molecule has 3 rings (SSSR count). The Bertz CT molecular complexity index is 966. The molecule has 0 saturated heterocycles. The highest BCUT2D eigenvalue weighted by Crippen LogP contribution is 2.33. The van der Waals surface area contributed by atoms with Crippen LogP contribution in [-0.4, -0.2) is 24.2 Å². The highest BCUT2D eigenvalue weighted by molar-refractivity contribution is 6.33. The first-order valence-electron chi connectivity index (χ1n) is 9.35. The number of ether oxygens (including phenoxy) is 1. The zero-order valence-corrected chi connectivity index (χ0v) is 17.1. The van der Waals surface area contributed by atoms with Crippen LogP contribution in [0.15, 0.2) is 47.0 Å². The molecular weight excluding hydrogens is 395 g/mol. The van der Waals surface area contributed by atoms with E-state index in [4.69, 9.17) is 20.9 Å². The number of nitrogens with zero attached hydrogens (tertiary/aromatic N) is 1. The maximum atomic E-state index is 14.2. The van der Waals surface area contributed by atoms with Gasteiger partial charge >= 0.3 is 0 Å². The zero-order valence-electron chi connectivity index (χ0n) is 16.3. The molecule has 1 amide bonds. The van der Waals surface area contributed by atoms with E-state index in [0.717, 1.165) is 18.6 Å². The van der Waals surface area contributed by atoms with Crippen LogP contribution in [0.1, 0.15) is 34.5 Å². The molecule has 1 heterocycles. The van der Waals surface area contributed by atoms with Gasteiger partial charge in [0.1, 0.15) is 28.6 Å².